The average molecular weight is 226 g/mol. The summed E-state index contributed by atoms with van der Waals surface area (Å²) in [6.07, 6.45) is 0.587. The Kier molecular flexibility index (Phi) is 3.82. The number of benzene rings is 1. The van der Waals surface area contributed by atoms with Crippen LogP contribution in [0.3, 0.4) is 0 Å². The van der Waals surface area contributed by atoms with Crippen LogP contribution in [0.4, 0.5) is 15.8 Å². The number of rotatable bonds is 4. The topological polar surface area (TPSA) is 81.4 Å². The molecule has 1 aromatic carbocycles. The SMILES string of the molecule is COC(=O)c1cc(F)c(NCC=O)cc1N. The maximum Gasteiger partial charge on any atom is 0.340 e. The van der Waals surface area contributed by atoms with Crippen molar-refractivity contribution in [2.24, 2.45) is 0 Å². The number of aldehydes is 1. The third-order valence-electron chi connectivity index (χ3n) is 1.92. The summed E-state index contributed by atoms with van der Waals surface area (Å²) in [5.41, 5.74) is 5.65. The number of esters is 1. The van der Waals surface area contributed by atoms with Crippen molar-refractivity contribution in [1.29, 1.82) is 0 Å². The highest BCUT2D eigenvalue weighted by molar-refractivity contribution is 5.95. The summed E-state index contributed by atoms with van der Waals surface area (Å²) in [7, 11) is 1.18. The predicted molar refractivity (Wildman–Crippen MR) is 56.7 cm³/mol. The Bertz CT molecular complexity index is 421. The molecule has 1 rings (SSSR count). The first-order valence-electron chi connectivity index (χ1n) is 4.45. The maximum atomic E-state index is 13.4. The fourth-order valence-corrected chi connectivity index (χ4v) is 1.16. The second-order valence-corrected chi connectivity index (χ2v) is 2.96. The maximum absolute atomic E-state index is 13.4. The molecule has 0 saturated heterocycles. The minimum atomic E-state index is -0.710. The quantitative estimate of drug-likeness (QED) is 0.451. The molecule has 0 spiro atoms. The number of ether oxygens (including phenoxy) is 1. The fourth-order valence-electron chi connectivity index (χ4n) is 1.16. The Morgan fingerprint density at radius 2 is 2.31 bits per heavy atom. The van der Waals surface area contributed by atoms with Crippen LogP contribution in [-0.2, 0) is 9.53 Å². The van der Waals surface area contributed by atoms with E-state index in [4.69, 9.17) is 5.73 Å². The zero-order valence-electron chi connectivity index (χ0n) is 8.62. The fraction of sp³-hybridized carbons (Fsp3) is 0.200. The summed E-state index contributed by atoms with van der Waals surface area (Å²) in [5, 5.41) is 2.51. The number of nitrogens with one attached hydrogen (secondary N) is 1. The Hall–Kier alpha value is -2.11. The third-order valence-corrected chi connectivity index (χ3v) is 1.92. The summed E-state index contributed by atoms with van der Waals surface area (Å²) in [5.74, 6) is -1.38. The standard InChI is InChI=1S/C10H11FN2O3/c1-16-10(15)6-4-7(11)9(5-8(6)12)13-2-3-14/h3-5,13H,2,12H2,1H3. The van der Waals surface area contributed by atoms with Crippen molar-refractivity contribution >= 4 is 23.6 Å². The van der Waals surface area contributed by atoms with Gasteiger partial charge < -0.3 is 20.6 Å². The minimum Gasteiger partial charge on any atom is -0.465 e. The molecule has 1 aromatic rings. The average Bonchev–Trinajstić information content (AvgIpc) is 2.28. The van der Waals surface area contributed by atoms with Crippen LogP contribution in [-0.4, -0.2) is 25.9 Å². The second kappa shape index (κ2) is 5.11. The van der Waals surface area contributed by atoms with Crippen molar-refractivity contribution in [3.63, 3.8) is 0 Å². The van der Waals surface area contributed by atoms with E-state index in [-0.39, 0.29) is 23.5 Å². The van der Waals surface area contributed by atoms with Crippen LogP contribution in [0.15, 0.2) is 12.1 Å². The Labute approximate surface area is 91.4 Å². The number of halogens is 1. The van der Waals surface area contributed by atoms with Crippen LogP contribution in [0.2, 0.25) is 0 Å². The molecule has 86 valence electrons. The van der Waals surface area contributed by atoms with E-state index in [0.717, 1.165) is 6.07 Å². The van der Waals surface area contributed by atoms with Gasteiger partial charge in [-0.2, -0.15) is 0 Å². The molecule has 0 aliphatic rings. The molecule has 0 atom stereocenters. The largest absolute Gasteiger partial charge is 0.465 e. The van der Waals surface area contributed by atoms with Gasteiger partial charge in [-0.3, -0.25) is 0 Å². The van der Waals surface area contributed by atoms with Gasteiger partial charge in [-0.05, 0) is 12.1 Å². The summed E-state index contributed by atoms with van der Waals surface area (Å²) >= 11 is 0. The van der Waals surface area contributed by atoms with Gasteiger partial charge in [-0.15, -0.1) is 0 Å². The molecule has 0 aliphatic carbocycles. The molecule has 0 heterocycles. The summed E-state index contributed by atoms with van der Waals surface area (Å²) in [4.78, 5) is 21.3. The van der Waals surface area contributed by atoms with E-state index >= 15 is 0 Å². The first-order valence-corrected chi connectivity index (χ1v) is 4.45. The van der Waals surface area contributed by atoms with Gasteiger partial charge in [0.15, 0.2) is 0 Å². The Morgan fingerprint density at radius 3 is 2.88 bits per heavy atom. The van der Waals surface area contributed by atoms with E-state index in [1.54, 1.807) is 0 Å². The van der Waals surface area contributed by atoms with E-state index in [1.807, 2.05) is 0 Å². The van der Waals surface area contributed by atoms with Gasteiger partial charge in [0.05, 0.1) is 24.9 Å². The highest BCUT2D eigenvalue weighted by Gasteiger charge is 2.14. The van der Waals surface area contributed by atoms with Gasteiger partial charge in [0.2, 0.25) is 0 Å². The van der Waals surface area contributed by atoms with E-state index in [9.17, 15) is 14.0 Å². The molecule has 0 fully saturated rings. The highest BCUT2D eigenvalue weighted by Crippen LogP contribution is 2.22. The summed E-state index contributed by atoms with van der Waals surface area (Å²) < 4.78 is 17.8. The number of anilines is 2. The monoisotopic (exact) mass is 226 g/mol. The molecule has 0 bridgehead atoms. The number of nitrogens with two attached hydrogens (primary N) is 1. The third kappa shape index (κ3) is 2.47. The van der Waals surface area contributed by atoms with Crippen LogP contribution < -0.4 is 11.1 Å². The number of hydrogen-bond acceptors (Lipinski definition) is 5. The van der Waals surface area contributed by atoms with Gasteiger partial charge in [-0.25, -0.2) is 9.18 Å². The van der Waals surface area contributed by atoms with Crippen LogP contribution in [0.25, 0.3) is 0 Å². The molecule has 0 aliphatic heterocycles. The second-order valence-electron chi connectivity index (χ2n) is 2.96. The van der Waals surface area contributed by atoms with E-state index in [0.29, 0.717) is 6.29 Å². The summed E-state index contributed by atoms with van der Waals surface area (Å²) in [6, 6.07) is 2.21. The summed E-state index contributed by atoms with van der Waals surface area (Å²) in [6.45, 7) is -0.0338. The first kappa shape index (κ1) is 12.0. The number of carbonyl (C=O) groups excluding carboxylic acids is 2. The lowest BCUT2D eigenvalue weighted by Crippen LogP contribution is -2.09. The molecule has 0 aromatic heterocycles. The van der Waals surface area contributed by atoms with E-state index in [2.05, 4.69) is 10.1 Å². The van der Waals surface area contributed by atoms with E-state index < -0.39 is 11.8 Å². The molecule has 0 saturated carbocycles. The molecule has 16 heavy (non-hydrogen) atoms. The number of methoxy groups -OCH3 is 1. The van der Waals surface area contributed by atoms with Crippen molar-refractivity contribution in [2.45, 2.75) is 0 Å². The van der Waals surface area contributed by atoms with E-state index in [1.165, 1.54) is 13.2 Å². The molecular weight excluding hydrogens is 215 g/mol. The van der Waals surface area contributed by atoms with Crippen LogP contribution >= 0.6 is 0 Å². The molecule has 5 nitrogen and oxygen atoms in total. The van der Waals surface area contributed by atoms with Gasteiger partial charge in [0, 0.05) is 5.69 Å². The molecule has 3 N–H and O–H groups in total. The molecular formula is C10H11FN2O3. The van der Waals surface area contributed by atoms with Gasteiger partial charge in [-0.1, -0.05) is 0 Å². The van der Waals surface area contributed by atoms with Gasteiger partial charge in [0.1, 0.15) is 12.1 Å². The van der Waals surface area contributed by atoms with Crippen molar-refractivity contribution < 1.29 is 18.7 Å². The Morgan fingerprint density at radius 1 is 1.62 bits per heavy atom. The van der Waals surface area contributed by atoms with Gasteiger partial charge in [0.25, 0.3) is 0 Å². The van der Waals surface area contributed by atoms with Crippen LogP contribution in [0, 0.1) is 5.82 Å². The molecule has 0 unspecified atom stereocenters. The lowest BCUT2D eigenvalue weighted by Gasteiger charge is -2.08. The predicted octanol–water partition coefficient (Wildman–Crippen LogP) is 0.805. The van der Waals surface area contributed by atoms with Crippen molar-refractivity contribution in [1.82, 2.24) is 0 Å². The molecule has 0 radical (unpaired) electrons. The van der Waals surface area contributed by atoms with Gasteiger partial charge >= 0.3 is 5.97 Å². The molecule has 0 amide bonds. The lowest BCUT2D eigenvalue weighted by molar-refractivity contribution is -0.106. The molecule has 6 heteroatoms. The van der Waals surface area contributed by atoms with Crippen LogP contribution in [0.1, 0.15) is 10.4 Å². The lowest BCUT2D eigenvalue weighted by atomic mass is 10.1. The van der Waals surface area contributed by atoms with Crippen molar-refractivity contribution in [3.8, 4) is 0 Å². The number of nitrogen functional groups attached to an aromatic ring is 1. The number of hydrogen-bond donors (Lipinski definition) is 2. The van der Waals surface area contributed by atoms with Crippen LogP contribution in [0.5, 0.6) is 0 Å². The number of carbonyl (C=O) groups is 2. The Balaban J connectivity index is 3.06. The zero-order valence-corrected chi connectivity index (χ0v) is 8.62. The van der Waals surface area contributed by atoms with Crippen molar-refractivity contribution in [3.05, 3.63) is 23.5 Å². The normalized spacial score (nSPS) is 9.62. The first-order chi connectivity index (χ1) is 7.60. The van der Waals surface area contributed by atoms with Crippen molar-refractivity contribution in [2.75, 3.05) is 24.7 Å². The highest BCUT2D eigenvalue weighted by atomic mass is 19.1. The zero-order chi connectivity index (χ0) is 12.1. The smallest absolute Gasteiger partial charge is 0.340 e. The minimum absolute atomic E-state index is 0.0338.